The number of benzene rings is 1. The molecule has 1 amide bonds. The predicted octanol–water partition coefficient (Wildman–Crippen LogP) is 2.02. The lowest BCUT2D eigenvalue weighted by atomic mass is 9.94. The van der Waals surface area contributed by atoms with E-state index >= 15 is 0 Å². The van der Waals surface area contributed by atoms with Gasteiger partial charge in [0.25, 0.3) is 0 Å². The fraction of sp³-hybridized carbons (Fsp3) is 0.588. The van der Waals surface area contributed by atoms with E-state index in [0.29, 0.717) is 30.6 Å². The number of nitrogens with one attached hydrogen (secondary N) is 1. The van der Waals surface area contributed by atoms with Gasteiger partial charge in [0.05, 0.1) is 4.90 Å². The zero-order valence-electron chi connectivity index (χ0n) is 15.6. The van der Waals surface area contributed by atoms with Crippen molar-refractivity contribution in [1.82, 2.24) is 4.31 Å². The molecule has 2 atom stereocenters. The molecule has 1 N–H and O–H groups in total. The number of rotatable bonds is 5. The van der Waals surface area contributed by atoms with Gasteiger partial charge < -0.3 is 5.32 Å². The summed E-state index contributed by atoms with van der Waals surface area (Å²) in [5.74, 6) is 0.280. The molecule has 0 bridgehead atoms. The van der Waals surface area contributed by atoms with E-state index in [0.717, 1.165) is 6.42 Å². The summed E-state index contributed by atoms with van der Waals surface area (Å²) in [5.41, 5.74) is 0.475. The standard InChI is InChI=1S/C17H27N3O4S2/c1-13-9-14(2)12-20(11-13)26(23,24)16-7-5-15(6-8-16)19-17(21)10-18-25(3,4)22/h5-8,13-14H,9-12H2,1-4H3,(H,19,21). The minimum absolute atomic E-state index is 0.199. The molecule has 0 radical (unpaired) electrons. The Morgan fingerprint density at radius 3 is 2.15 bits per heavy atom. The number of sulfonamides is 1. The smallest absolute Gasteiger partial charge is 0.246 e. The van der Waals surface area contributed by atoms with Gasteiger partial charge in [0.1, 0.15) is 6.54 Å². The van der Waals surface area contributed by atoms with E-state index in [2.05, 4.69) is 23.5 Å². The fourth-order valence-electron chi connectivity index (χ4n) is 3.08. The van der Waals surface area contributed by atoms with E-state index in [9.17, 15) is 17.4 Å². The maximum absolute atomic E-state index is 12.8. The van der Waals surface area contributed by atoms with E-state index < -0.39 is 25.7 Å². The van der Waals surface area contributed by atoms with Gasteiger partial charge in [-0.2, -0.15) is 4.31 Å². The van der Waals surface area contributed by atoms with Crippen LogP contribution in [-0.2, 0) is 24.5 Å². The number of hydrogen-bond acceptors (Lipinski definition) is 5. The van der Waals surface area contributed by atoms with Crippen LogP contribution in [0.25, 0.3) is 0 Å². The summed E-state index contributed by atoms with van der Waals surface area (Å²) in [6.07, 6.45) is 3.95. The lowest BCUT2D eigenvalue weighted by Crippen LogP contribution is -2.42. The molecule has 1 aliphatic rings. The second-order valence-electron chi connectivity index (χ2n) is 7.31. The Balaban J connectivity index is 2.09. The molecule has 1 fully saturated rings. The highest BCUT2D eigenvalue weighted by Crippen LogP contribution is 2.27. The Hall–Kier alpha value is -1.45. The van der Waals surface area contributed by atoms with E-state index in [-0.39, 0.29) is 11.4 Å². The van der Waals surface area contributed by atoms with E-state index in [1.807, 2.05) is 0 Å². The number of anilines is 1. The third kappa shape index (κ3) is 5.78. The molecule has 7 nitrogen and oxygen atoms in total. The van der Waals surface area contributed by atoms with Gasteiger partial charge in [-0.3, -0.25) is 9.00 Å². The topological polar surface area (TPSA) is 95.9 Å². The van der Waals surface area contributed by atoms with Crippen molar-refractivity contribution in [1.29, 1.82) is 0 Å². The Morgan fingerprint density at radius 1 is 1.12 bits per heavy atom. The first-order chi connectivity index (χ1) is 12.0. The van der Waals surface area contributed by atoms with Crippen molar-refractivity contribution < 1.29 is 17.4 Å². The number of carbonyl (C=O) groups is 1. The minimum atomic E-state index is -3.54. The minimum Gasteiger partial charge on any atom is -0.324 e. The molecule has 0 spiro atoms. The molecular formula is C17H27N3O4S2. The summed E-state index contributed by atoms with van der Waals surface area (Å²) in [4.78, 5) is 12.0. The van der Waals surface area contributed by atoms with Crippen LogP contribution in [0.2, 0.25) is 0 Å². The first-order valence-corrected chi connectivity index (χ1v) is 12.3. The van der Waals surface area contributed by atoms with Gasteiger partial charge in [0.2, 0.25) is 15.9 Å². The maximum atomic E-state index is 12.8. The van der Waals surface area contributed by atoms with E-state index in [4.69, 9.17) is 0 Å². The molecule has 0 aliphatic carbocycles. The highest BCUT2D eigenvalue weighted by Gasteiger charge is 2.31. The van der Waals surface area contributed by atoms with Crippen LogP contribution in [0.4, 0.5) is 5.69 Å². The quantitative estimate of drug-likeness (QED) is 0.816. The molecule has 2 rings (SSSR count). The molecule has 1 saturated heterocycles. The summed E-state index contributed by atoms with van der Waals surface area (Å²) in [6.45, 7) is 4.98. The van der Waals surface area contributed by atoms with E-state index in [1.54, 1.807) is 12.1 Å². The first kappa shape index (κ1) is 20.9. The van der Waals surface area contributed by atoms with Gasteiger partial charge in [-0.05, 0) is 42.5 Å². The lowest BCUT2D eigenvalue weighted by molar-refractivity contribution is -0.114. The summed E-state index contributed by atoms with van der Waals surface area (Å²) < 4.78 is 42.4. The van der Waals surface area contributed by atoms with Crippen LogP contribution in [0.1, 0.15) is 20.3 Å². The van der Waals surface area contributed by atoms with Gasteiger partial charge >= 0.3 is 0 Å². The molecule has 1 heterocycles. The Bertz CT molecular complexity index is 854. The van der Waals surface area contributed by atoms with Crippen LogP contribution in [0.5, 0.6) is 0 Å². The second kappa shape index (κ2) is 8.06. The van der Waals surface area contributed by atoms with Crippen LogP contribution in [-0.4, -0.2) is 55.0 Å². The first-order valence-electron chi connectivity index (χ1n) is 8.50. The summed E-state index contributed by atoms with van der Waals surface area (Å²) in [5, 5.41) is 2.62. The summed E-state index contributed by atoms with van der Waals surface area (Å²) in [6, 6.07) is 6.09. The van der Waals surface area contributed by atoms with Gasteiger partial charge in [-0.15, -0.1) is 0 Å². The number of piperidine rings is 1. The molecule has 9 heteroatoms. The fourth-order valence-corrected chi connectivity index (χ4v) is 5.18. The Kier molecular flexibility index (Phi) is 6.46. The molecule has 1 aromatic rings. The van der Waals surface area contributed by atoms with Crippen molar-refractivity contribution >= 4 is 31.3 Å². The molecule has 146 valence electrons. The van der Waals surface area contributed by atoms with Crippen LogP contribution in [0.3, 0.4) is 0 Å². The maximum Gasteiger partial charge on any atom is 0.246 e. The van der Waals surface area contributed by atoms with Crippen molar-refractivity contribution in [3.05, 3.63) is 24.3 Å². The molecule has 1 aliphatic heterocycles. The van der Waals surface area contributed by atoms with Crippen molar-refractivity contribution in [3.8, 4) is 0 Å². The largest absolute Gasteiger partial charge is 0.324 e. The highest BCUT2D eigenvalue weighted by molar-refractivity contribution is 7.92. The van der Waals surface area contributed by atoms with Gasteiger partial charge in [-0.25, -0.2) is 12.8 Å². The van der Waals surface area contributed by atoms with Crippen LogP contribution >= 0.6 is 0 Å². The van der Waals surface area contributed by atoms with Gasteiger partial charge in [0, 0.05) is 41.0 Å². The molecular weight excluding hydrogens is 374 g/mol. The number of amides is 1. The third-order valence-corrected chi connectivity index (χ3v) is 6.73. The SMILES string of the molecule is CC1CC(C)CN(S(=O)(=O)c2ccc(NC(=O)CN=S(C)(C)=O)cc2)C1. The summed E-state index contributed by atoms with van der Waals surface area (Å²) >= 11 is 0. The summed E-state index contributed by atoms with van der Waals surface area (Å²) in [7, 11) is -5.87. The molecule has 1 aromatic carbocycles. The van der Waals surface area contributed by atoms with Crippen molar-refractivity contribution in [3.63, 3.8) is 0 Å². The number of nitrogens with zero attached hydrogens (tertiary/aromatic N) is 2. The highest BCUT2D eigenvalue weighted by atomic mass is 32.2. The Morgan fingerprint density at radius 2 is 1.65 bits per heavy atom. The zero-order chi connectivity index (χ0) is 19.5. The average molecular weight is 402 g/mol. The van der Waals surface area contributed by atoms with Crippen molar-refractivity contribution in [2.24, 2.45) is 16.2 Å². The lowest BCUT2D eigenvalue weighted by Gasteiger charge is -2.34. The monoisotopic (exact) mass is 401 g/mol. The third-order valence-electron chi connectivity index (χ3n) is 4.13. The van der Waals surface area contributed by atoms with Crippen LogP contribution in [0.15, 0.2) is 33.5 Å². The van der Waals surface area contributed by atoms with Crippen LogP contribution < -0.4 is 5.32 Å². The molecule has 2 unspecified atom stereocenters. The predicted molar refractivity (Wildman–Crippen MR) is 104 cm³/mol. The van der Waals surface area contributed by atoms with Crippen LogP contribution in [0, 0.1) is 11.8 Å². The second-order valence-corrected chi connectivity index (χ2v) is 11.9. The molecule has 0 saturated carbocycles. The number of hydrogen-bond donors (Lipinski definition) is 1. The number of carbonyl (C=O) groups excluding carboxylic acids is 1. The molecule has 26 heavy (non-hydrogen) atoms. The van der Waals surface area contributed by atoms with Gasteiger partial charge in [-0.1, -0.05) is 13.8 Å². The average Bonchev–Trinajstić information content (AvgIpc) is 2.52. The van der Waals surface area contributed by atoms with E-state index in [1.165, 1.54) is 28.9 Å². The van der Waals surface area contributed by atoms with Crippen molar-refractivity contribution in [2.75, 3.05) is 37.5 Å². The molecule has 0 aromatic heterocycles. The van der Waals surface area contributed by atoms with Gasteiger partial charge in [0.15, 0.2) is 0 Å². The normalized spacial score (nSPS) is 22.0. The zero-order valence-corrected chi connectivity index (χ0v) is 17.3. The Labute approximate surface area is 156 Å². The van der Waals surface area contributed by atoms with Crippen molar-refractivity contribution in [2.45, 2.75) is 25.2 Å².